The van der Waals surface area contributed by atoms with Crippen LogP contribution < -0.4 is 8.92 Å². The minimum Gasteiger partial charge on any atom is -0.453 e. The molecule has 1 heterocycles. The van der Waals surface area contributed by atoms with E-state index in [4.69, 9.17) is 13.7 Å². The maximum Gasteiger partial charge on any atom is 0.511 e. The van der Waals surface area contributed by atoms with E-state index in [1.807, 2.05) is 13.8 Å². The van der Waals surface area contributed by atoms with Gasteiger partial charge in [-0.3, -0.25) is 0 Å². The van der Waals surface area contributed by atoms with E-state index < -0.39 is 28.2 Å². The van der Waals surface area contributed by atoms with Gasteiger partial charge in [-0.15, -0.1) is 0 Å². The molecule has 1 aliphatic rings. The number of nitrogens with zero attached hydrogens (tertiary/aromatic N) is 1. The second kappa shape index (κ2) is 7.09. The number of hydrogen-bond donors (Lipinski definition) is 0. The van der Waals surface area contributed by atoms with E-state index in [2.05, 4.69) is 4.74 Å². The number of benzene rings is 1. The van der Waals surface area contributed by atoms with Crippen molar-refractivity contribution in [1.29, 1.82) is 0 Å². The fourth-order valence-corrected chi connectivity index (χ4v) is 3.66. The molecular formula is C16H23NO7S. The van der Waals surface area contributed by atoms with E-state index in [0.29, 0.717) is 24.4 Å². The van der Waals surface area contributed by atoms with Crippen molar-refractivity contribution in [1.82, 2.24) is 4.31 Å². The first kappa shape index (κ1) is 19.3. The summed E-state index contributed by atoms with van der Waals surface area (Å²) >= 11 is 0. The highest BCUT2D eigenvalue weighted by atomic mass is 32.2. The van der Waals surface area contributed by atoms with Crippen molar-refractivity contribution in [3.05, 3.63) is 23.8 Å². The molecule has 0 saturated carbocycles. The molecule has 0 aromatic heterocycles. The maximum absolute atomic E-state index is 12.3. The lowest BCUT2D eigenvalue weighted by Gasteiger charge is -2.24. The minimum absolute atomic E-state index is 0.168. The van der Waals surface area contributed by atoms with Crippen molar-refractivity contribution < 1.29 is 31.6 Å². The van der Waals surface area contributed by atoms with E-state index in [1.165, 1.54) is 17.5 Å². The van der Waals surface area contributed by atoms with Gasteiger partial charge in [0.1, 0.15) is 11.5 Å². The van der Waals surface area contributed by atoms with Crippen molar-refractivity contribution >= 4 is 16.5 Å². The average Bonchev–Trinajstić information content (AvgIpc) is 2.78. The molecule has 8 nitrogen and oxygen atoms in total. The Kier molecular flexibility index (Phi) is 5.48. The molecule has 0 N–H and O–H groups in total. The molecule has 0 saturated heterocycles. The van der Waals surface area contributed by atoms with Crippen LogP contribution >= 0.6 is 0 Å². The highest BCUT2D eigenvalue weighted by Crippen LogP contribution is 2.45. The highest BCUT2D eigenvalue weighted by molar-refractivity contribution is 7.84. The van der Waals surface area contributed by atoms with E-state index in [9.17, 15) is 13.2 Å². The number of carbonyl (C=O) groups is 1. The molecule has 0 fully saturated rings. The van der Waals surface area contributed by atoms with Gasteiger partial charge < -0.3 is 18.4 Å². The first-order valence-electron chi connectivity index (χ1n) is 7.91. The van der Waals surface area contributed by atoms with Gasteiger partial charge in [-0.1, -0.05) is 13.8 Å². The Morgan fingerprint density at radius 1 is 1.28 bits per heavy atom. The smallest absolute Gasteiger partial charge is 0.453 e. The van der Waals surface area contributed by atoms with Crippen LogP contribution in [0, 0.1) is 0 Å². The third kappa shape index (κ3) is 3.82. The van der Waals surface area contributed by atoms with E-state index in [1.54, 1.807) is 26.0 Å². The van der Waals surface area contributed by atoms with E-state index >= 15 is 0 Å². The lowest BCUT2D eigenvalue weighted by Crippen LogP contribution is -2.36. The van der Waals surface area contributed by atoms with E-state index in [0.717, 1.165) is 0 Å². The molecule has 1 aromatic carbocycles. The second-order valence-corrected chi connectivity index (χ2v) is 7.57. The molecule has 2 rings (SSSR count). The van der Waals surface area contributed by atoms with Gasteiger partial charge in [0.05, 0.1) is 12.5 Å². The predicted molar refractivity (Wildman–Crippen MR) is 89.8 cm³/mol. The molecule has 0 bridgehead atoms. The molecule has 0 amide bonds. The molecule has 25 heavy (non-hydrogen) atoms. The van der Waals surface area contributed by atoms with Crippen molar-refractivity contribution in [3.63, 3.8) is 0 Å². The number of carbonyl (C=O) groups excluding carboxylic acids is 1. The zero-order valence-electron chi connectivity index (χ0n) is 14.9. The summed E-state index contributed by atoms with van der Waals surface area (Å²) in [7, 11) is -2.67. The molecule has 1 aliphatic heterocycles. The van der Waals surface area contributed by atoms with Gasteiger partial charge in [-0.05, 0) is 32.0 Å². The molecule has 0 aliphatic carbocycles. The number of methoxy groups -OCH3 is 1. The quantitative estimate of drug-likeness (QED) is 0.707. The lowest BCUT2D eigenvalue weighted by atomic mass is 9.85. The molecule has 1 aromatic rings. The van der Waals surface area contributed by atoms with Crippen LogP contribution in [0.1, 0.15) is 33.3 Å². The van der Waals surface area contributed by atoms with Crippen LogP contribution in [-0.4, -0.2) is 45.4 Å². The van der Waals surface area contributed by atoms with Gasteiger partial charge in [0.2, 0.25) is 0 Å². The molecule has 0 radical (unpaired) electrons. The van der Waals surface area contributed by atoms with Gasteiger partial charge in [-0.25, -0.2) is 4.79 Å². The van der Waals surface area contributed by atoms with Crippen LogP contribution in [0.2, 0.25) is 0 Å². The lowest BCUT2D eigenvalue weighted by molar-refractivity contribution is -0.0793. The second-order valence-electron chi connectivity index (χ2n) is 6.03. The monoisotopic (exact) mass is 373 g/mol. The molecule has 0 spiro atoms. The van der Waals surface area contributed by atoms with Crippen molar-refractivity contribution in [2.24, 2.45) is 0 Å². The SMILES string of the molecule is CCN(CC)S(=O)(=O)Oc1ccc2c(c1)C(C)(C)C(OC(=O)OC)O2. The van der Waals surface area contributed by atoms with Crippen LogP contribution in [0.3, 0.4) is 0 Å². The highest BCUT2D eigenvalue weighted by Gasteiger charge is 2.45. The standard InChI is InChI=1S/C16H23NO7S/c1-6-17(7-2)25(19,20)24-11-8-9-13-12(10-11)16(3,4)14(22-13)23-15(18)21-5/h8-10,14H,6-7H2,1-5H3. The normalized spacial score (nSPS) is 18.4. The Hall–Kier alpha value is -2.00. The van der Waals surface area contributed by atoms with E-state index in [-0.39, 0.29) is 5.75 Å². The summed E-state index contributed by atoms with van der Waals surface area (Å²) in [5.74, 6) is 0.660. The third-order valence-electron chi connectivity index (χ3n) is 4.06. The van der Waals surface area contributed by atoms with Crippen molar-refractivity contribution in [3.8, 4) is 11.5 Å². The van der Waals surface area contributed by atoms with Crippen LogP contribution in [0.5, 0.6) is 11.5 Å². The first-order valence-corrected chi connectivity index (χ1v) is 9.27. The predicted octanol–water partition coefficient (Wildman–Crippen LogP) is 2.43. The summed E-state index contributed by atoms with van der Waals surface area (Å²) in [4.78, 5) is 11.4. The Morgan fingerprint density at radius 2 is 1.92 bits per heavy atom. The summed E-state index contributed by atoms with van der Waals surface area (Å²) in [5, 5.41) is 0. The van der Waals surface area contributed by atoms with Crippen LogP contribution in [0.25, 0.3) is 0 Å². The minimum atomic E-state index is -3.88. The fraction of sp³-hybridized carbons (Fsp3) is 0.562. The van der Waals surface area contributed by atoms with Gasteiger partial charge in [0.15, 0.2) is 0 Å². The van der Waals surface area contributed by atoms with Crippen LogP contribution in [0.15, 0.2) is 18.2 Å². The van der Waals surface area contributed by atoms with Crippen molar-refractivity contribution in [2.45, 2.75) is 39.4 Å². The molecule has 1 atom stereocenters. The zero-order valence-corrected chi connectivity index (χ0v) is 15.8. The van der Waals surface area contributed by atoms with Gasteiger partial charge in [-0.2, -0.15) is 12.7 Å². The zero-order chi connectivity index (χ0) is 18.8. The summed E-state index contributed by atoms with van der Waals surface area (Å²) in [6.07, 6.45) is -1.74. The number of fused-ring (bicyclic) bond motifs is 1. The van der Waals surface area contributed by atoms with Crippen molar-refractivity contribution in [2.75, 3.05) is 20.2 Å². The van der Waals surface area contributed by atoms with Gasteiger partial charge in [0.25, 0.3) is 6.29 Å². The Labute approximate surface area is 147 Å². The Morgan fingerprint density at radius 3 is 2.48 bits per heavy atom. The maximum atomic E-state index is 12.3. The molecule has 9 heteroatoms. The number of hydrogen-bond acceptors (Lipinski definition) is 7. The molecule has 140 valence electrons. The average molecular weight is 373 g/mol. The third-order valence-corrected chi connectivity index (χ3v) is 5.61. The topological polar surface area (TPSA) is 91.4 Å². The largest absolute Gasteiger partial charge is 0.511 e. The van der Waals surface area contributed by atoms with Gasteiger partial charge >= 0.3 is 16.5 Å². The summed E-state index contributed by atoms with van der Waals surface area (Å²) in [5.41, 5.74) is -0.0318. The summed E-state index contributed by atoms with van der Waals surface area (Å²) in [6.45, 7) is 7.72. The summed E-state index contributed by atoms with van der Waals surface area (Å²) in [6, 6.07) is 4.66. The first-order chi connectivity index (χ1) is 11.7. The number of ether oxygens (including phenoxy) is 3. The molecular weight excluding hydrogens is 350 g/mol. The Balaban J connectivity index is 2.27. The molecule has 1 unspecified atom stereocenters. The Bertz CT molecular complexity index is 741. The van der Waals surface area contributed by atoms with Crippen LogP contribution in [0.4, 0.5) is 4.79 Å². The summed E-state index contributed by atoms with van der Waals surface area (Å²) < 4.78 is 46.2. The number of rotatable bonds is 6. The van der Waals surface area contributed by atoms with Crippen LogP contribution in [-0.2, 0) is 25.2 Å². The van der Waals surface area contributed by atoms with Gasteiger partial charge in [0, 0.05) is 18.7 Å². The fourth-order valence-electron chi connectivity index (χ4n) is 2.58.